The Morgan fingerprint density at radius 2 is 1.79 bits per heavy atom. The minimum absolute atomic E-state index is 0.0225. The van der Waals surface area contributed by atoms with Gasteiger partial charge in [0.15, 0.2) is 5.82 Å². The van der Waals surface area contributed by atoms with Crippen LogP contribution in [0.25, 0.3) is 17.1 Å². The molecule has 0 aliphatic heterocycles. The van der Waals surface area contributed by atoms with Gasteiger partial charge in [-0.1, -0.05) is 47.5 Å². The lowest BCUT2D eigenvalue weighted by atomic mass is 10.1. The molecule has 29 heavy (non-hydrogen) atoms. The lowest BCUT2D eigenvalue weighted by Gasteiger charge is -2.06. The third-order valence-electron chi connectivity index (χ3n) is 4.28. The maximum atomic E-state index is 13.4. The summed E-state index contributed by atoms with van der Waals surface area (Å²) in [6.45, 7) is 1.97. The van der Waals surface area contributed by atoms with Crippen LogP contribution >= 0.6 is 11.6 Å². The van der Waals surface area contributed by atoms with Crippen LogP contribution in [0.15, 0.2) is 72.8 Å². The number of nitrogens with zero attached hydrogens (tertiary/aromatic N) is 3. The van der Waals surface area contributed by atoms with Gasteiger partial charge in [0.1, 0.15) is 5.82 Å². The molecule has 0 radical (unpaired) electrons. The number of halogens is 2. The van der Waals surface area contributed by atoms with Crippen molar-refractivity contribution >= 4 is 23.2 Å². The van der Waals surface area contributed by atoms with E-state index in [1.807, 2.05) is 31.2 Å². The van der Waals surface area contributed by atoms with Gasteiger partial charge >= 0.3 is 0 Å². The summed E-state index contributed by atoms with van der Waals surface area (Å²) in [7, 11) is 0. The summed E-state index contributed by atoms with van der Waals surface area (Å²) in [5, 5.41) is 7.51. The molecule has 0 atom stereocenters. The van der Waals surface area contributed by atoms with Crippen LogP contribution in [0.1, 0.15) is 16.2 Å². The molecule has 0 bridgehead atoms. The average molecular weight is 407 g/mol. The molecule has 4 rings (SSSR count). The van der Waals surface area contributed by atoms with E-state index in [2.05, 4.69) is 15.4 Å². The van der Waals surface area contributed by atoms with Crippen molar-refractivity contribution in [2.45, 2.75) is 6.92 Å². The second-order valence-corrected chi connectivity index (χ2v) is 6.86. The van der Waals surface area contributed by atoms with E-state index >= 15 is 0 Å². The Labute approximate surface area is 171 Å². The fourth-order valence-corrected chi connectivity index (χ4v) is 3.07. The van der Waals surface area contributed by atoms with Gasteiger partial charge in [0.05, 0.1) is 16.4 Å². The number of benzene rings is 3. The van der Waals surface area contributed by atoms with Gasteiger partial charge < -0.3 is 5.32 Å². The number of hydrogen-bond donors (Lipinski definition) is 1. The van der Waals surface area contributed by atoms with Crippen LogP contribution in [0.3, 0.4) is 0 Å². The molecule has 0 fully saturated rings. The van der Waals surface area contributed by atoms with Crippen LogP contribution in [0, 0.1) is 12.7 Å². The molecule has 0 unspecified atom stereocenters. The molecular formula is C22H16ClFN4O. The van der Waals surface area contributed by atoms with E-state index in [9.17, 15) is 9.18 Å². The average Bonchev–Trinajstić information content (AvgIpc) is 3.16. The third kappa shape index (κ3) is 4.02. The molecule has 0 spiro atoms. The zero-order chi connectivity index (χ0) is 20.4. The number of carbonyl (C=O) groups excluding carboxylic acids is 1. The highest BCUT2D eigenvalue weighted by molar-refractivity contribution is 6.33. The summed E-state index contributed by atoms with van der Waals surface area (Å²) in [5.41, 5.74) is 2.89. The first-order chi connectivity index (χ1) is 14.0. The summed E-state index contributed by atoms with van der Waals surface area (Å²) in [6, 6.07) is 20.4. The van der Waals surface area contributed by atoms with E-state index in [1.165, 1.54) is 16.8 Å². The van der Waals surface area contributed by atoms with Crippen molar-refractivity contribution < 1.29 is 9.18 Å². The Bertz CT molecular complexity index is 1190. The molecule has 3 aromatic carbocycles. The van der Waals surface area contributed by atoms with Gasteiger partial charge in [0, 0.05) is 5.56 Å². The predicted molar refractivity (Wildman–Crippen MR) is 111 cm³/mol. The topological polar surface area (TPSA) is 59.8 Å². The second kappa shape index (κ2) is 7.85. The van der Waals surface area contributed by atoms with Crippen molar-refractivity contribution in [3.8, 4) is 17.1 Å². The Balaban J connectivity index is 1.78. The summed E-state index contributed by atoms with van der Waals surface area (Å²) in [6.07, 6.45) is 0. The minimum atomic E-state index is -0.493. The lowest BCUT2D eigenvalue weighted by molar-refractivity contribution is 0.101. The first kappa shape index (κ1) is 18.8. The molecule has 0 saturated carbocycles. The number of amides is 1. The van der Waals surface area contributed by atoms with E-state index in [4.69, 9.17) is 11.6 Å². The standard InChI is InChI=1S/C22H16ClFN4O/c1-14-5-4-6-15(13-14)21-26-20(22(29)25-19-8-3-2-7-18(19)23)27-28(21)17-11-9-16(24)10-12-17/h2-13H,1H3,(H,25,29). The van der Waals surface area contributed by atoms with E-state index < -0.39 is 5.91 Å². The molecule has 7 heteroatoms. The highest BCUT2D eigenvalue weighted by Crippen LogP contribution is 2.24. The van der Waals surface area contributed by atoms with Gasteiger partial charge in [-0.2, -0.15) is 0 Å². The van der Waals surface area contributed by atoms with Gasteiger partial charge in [-0.25, -0.2) is 14.1 Å². The van der Waals surface area contributed by atoms with Crippen molar-refractivity contribution in [2.75, 3.05) is 5.32 Å². The number of aromatic nitrogens is 3. The second-order valence-electron chi connectivity index (χ2n) is 6.45. The normalized spacial score (nSPS) is 10.7. The maximum absolute atomic E-state index is 13.4. The van der Waals surface area contributed by atoms with Crippen molar-refractivity contribution in [1.29, 1.82) is 0 Å². The fourth-order valence-electron chi connectivity index (χ4n) is 2.88. The molecule has 0 aliphatic carbocycles. The molecular weight excluding hydrogens is 391 g/mol. The van der Waals surface area contributed by atoms with Crippen LogP contribution < -0.4 is 5.32 Å². The zero-order valence-electron chi connectivity index (χ0n) is 15.4. The monoisotopic (exact) mass is 406 g/mol. The van der Waals surface area contributed by atoms with Crippen LogP contribution in [0.4, 0.5) is 10.1 Å². The Hall–Kier alpha value is -3.51. The summed E-state index contributed by atoms with van der Waals surface area (Å²) < 4.78 is 14.9. The lowest BCUT2D eigenvalue weighted by Crippen LogP contribution is -2.14. The van der Waals surface area contributed by atoms with Gasteiger partial charge in [-0.3, -0.25) is 4.79 Å². The number of nitrogens with one attached hydrogen (secondary N) is 1. The van der Waals surface area contributed by atoms with Crippen LogP contribution in [0.5, 0.6) is 0 Å². The largest absolute Gasteiger partial charge is 0.318 e. The number of aryl methyl sites for hydroxylation is 1. The van der Waals surface area contributed by atoms with Crippen LogP contribution in [0.2, 0.25) is 5.02 Å². The highest BCUT2D eigenvalue weighted by atomic mass is 35.5. The molecule has 1 N–H and O–H groups in total. The van der Waals surface area contributed by atoms with E-state index in [-0.39, 0.29) is 11.6 Å². The van der Waals surface area contributed by atoms with E-state index in [0.717, 1.165) is 11.1 Å². The number of anilines is 1. The molecule has 0 aliphatic rings. The third-order valence-corrected chi connectivity index (χ3v) is 4.61. The van der Waals surface area contributed by atoms with E-state index in [0.29, 0.717) is 22.2 Å². The molecule has 1 amide bonds. The molecule has 1 aromatic heterocycles. The molecule has 5 nitrogen and oxygen atoms in total. The summed E-state index contributed by atoms with van der Waals surface area (Å²) in [4.78, 5) is 17.2. The van der Waals surface area contributed by atoms with Crippen molar-refractivity contribution in [1.82, 2.24) is 14.8 Å². The van der Waals surface area contributed by atoms with Crippen LogP contribution in [-0.4, -0.2) is 20.7 Å². The summed E-state index contributed by atoms with van der Waals surface area (Å²) >= 11 is 6.12. The first-order valence-electron chi connectivity index (χ1n) is 8.87. The van der Waals surface area contributed by atoms with Crippen molar-refractivity contribution in [3.05, 3.63) is 95.0 Å². The van der Waals surface area contributed by atoms with Crippen molar-refractivity contribution in [2.24, 2.45) is 0 Å². The number of carbonyl (C=O) groups is 1. The number of para-hydroxylation sites is 1. The van der Waals surface area contributed by atoms with Gasteiger partial charge in [-0.15, -0.1) is 5.10 Å². The Kier molecular flexibility index (Phi) is 5.10. The SMILES string of the molecule is Cc1cccc(-c2nc(C(=O)Nc3ccccc3Cl)nn2-c2ccc(F)cc2)c1. The van der Waals surface area contributed by atoms with Gasteiger partial charge in [0.25, 0.3) is 5.91 Å². The molecule has 1 heterocycles. The maximum Gasteiger partial charge on any atom is 0.295 e. The predicted octanol–water partition coefficient (Wildman–Crippen LogP) is 5.29. The minimum Gasteiger partial charge on any atom is -0.318 e. The van der Waals surface area contributed by atoms with Crippen LogP contribution in [-0.2, 0) is 0 Å². The Morgan fingerprint density at radius 1 is 1.03 bits per heavy atom. The van der Waals surface area contributed by atoms with E-state index in [1.54, 1.807) is 36.4 Å². The quantitative estimate of drug-likeness (QED) is 0.501. The van der Waals surface area contributed by atoms with Crippen molar-refractivity contribution in [3.63, 3.8) is 0 Å². The number of rotatable bonds is 4. The zero-order valence-corrected chi connectivity index (χ0v) is 16.2. The smallest absolute Gasteiger partial charge is 0.295 e. The molecule has 4 aromatic rings. The molecule has 0 saturated heterocycles. The Morgan fingerprint density at radius 3 is 2.52 bits per heavy atom. The highest BCUT2D eigenvalue weighted by Gasteiger charge is 2.19. The molecule has 144 valence electrons. The summed E-state index contributed by atoms with van der Waals surface area (Å²) in [5.74, 6) is -0.397. The number of hydrogen-bond acceptors (Lipinski definition) is 3. The fraction of sp³-hybridized carbons (Fsp3) is 0.0455. The van der Waals surface area contributed by atoms with Gasteiger partial charge in [-0.05, 0) is 49.4 Å². The van der Waals surface area contributed by atoms with Gasteiger partial charge in [0.2, 0.25) is 5.82 Å². The first-order valence-corrected chi connectivity index (χ1v) is 9.25.